The summed E-state index contributed by atoms with van der Waals surface area (Å²) in [5.74, 6) is -0.717. The molecule has 2 heteroatoms. The smallest absolute Gasteiger partial charge is 0.174 e. The van der Waals surface area contributed by atoms with Crippen LogP contribution in [0.3, 0.4) is 0 Å². The van der Waals surface area contributed by atoms with Crippen LogP contribution in [-0.2, 0) is 11.2 Å². The summed E-state index contributed by atoms with van der Waals surface area (Å²) in [6.07, 6.45) is 3.80. The molecule has 0 aliphatic heterocycles. The maximum atomic E-state index is 12.2. The fourth-order valence-electron chi connectivity index (χ4n) is 2.53. The van der Waals surface area contributed by atoms with Gasteiger partial charge in [-0.1, -0.05) is 60.7 Å². The topological polar surface area (TPSA) is 34.1 Å². The molecule has 2 nitrogen and oxygen atoms in total. The Morgan fingerprint density at radius 1 is 1.00 bits per heavy atom. The summed E-state index contributed by atoms with van der Waals surface area (Å²) in [6, 6.07) is 17.1. The van der Waals surface area contributed by atoms with Crippen LogP contribution in [0.4, 0.5) is 0 Å². The second-order valence-corrected chi connectivity index (χ2v) is 4.92. The molecule has 1 unspecified atom stereocenters. The molecule has 0 fully saturated rings. The largest absolute Gasteiger partial charge is 0.294 e. The minimum atomic E-state index is -0.549. The molecule has 20 heavy (non-hydrogen) atoms. The first kappa shape index (κ1) is 12.5. The second-order valence-electron chi connectivity index (χ2n) is 4.92. The van der Waals surface area contributed by atoms with Gasteiger partial charge in [0.05, 0.1) is 5.92 Å². The molecule has 3 rings (SSSR count). The van der Waals surface area contributed by atoms with E-state index in [2.05, 4.69) is 0 Å². The summed E-state index contributed by atoms with van der Waals surface area (Å²) in [5, 5.41) is 0. The Labute approximate surface area is 117 Å². The van der Waals surface area contributed by atoms with Crippen LogP contribution in [0, 0.1) is 5.92 Å². The van der Waals surface area contributed by atoms with Crippen LogP contribution in [0.2, 0.25) is 0 Å². The predicted octanol–water partition coefficient (Wildman–Crippen LogP) is 3.32. The lowest BCUT2D eigenvalue weighted by Gasteiger charge is -2.02. The third-order valence-electron chi connectivity index (χ3n) is 3.61. The van der Waals surface area contributed by atoms with Crippen LogP contribution in [0.5, 0.6) is 0 Å². The molecule has 0 aromatic heterocycles. The van der Waals surface area contributed by atoms with E-state index in [-0.39, 0.29) is 11.6 Å². The zero-order valence-electron chi connectivity index (χ0n) is 11.0. The van der Waals surface area contributed by atoms with Crippen molar-refractivity contribution in [1.29, 1.82) is 0 Å². The Morgan fingerprint density at radius 2 is 1.70 bits per heavy atom. The summed E-state index contributed by atoms with van der Waals surface area (Å²) in [6.45, 7) is 0. The van der Waals surface area contributed by atoms with Crippen LogP contribution >= 0.6 is 0 Å². The molecule has 0 amide bonds. The molecule has 1 aliphatic rings. The minimum Gasteiger partial charge on any atom is -0.294 e. The van der Waals surface area contributed by atoms with Crippen molar-refractivity contribution in [1.82, 2.24) is 0 Å². The lowest BCUT2D eigenvalue weighted by atomic mass is 9.99. The first-order valence-corrected chi connectivity index (χ1v) is 6.65. The van der Waals surface area contributed by atoms with E-state index in [1.165, 1.54) is 6.08 Å². The number of carbonyl (C=O) groups is 2. The number of ketones is 2. The van der Waals surface area contributed by atoms with Gasteiger partial charge in [0.1, 0.15) is 0 Å². The fourth-order valence-corrected chi connectivity index (χ4v) is 2.53. The van der Waals surface area contributed by atoms with E-state index < -0.39 is 5.92 Å². The fraction of sp³-hybridized carbons (Fsp3) is 0.111. The maximum Gasteiger partial charge on any atom is 0.174 e. The molecule has 1 atom stereocenters. The predicted molar refractivity (Wildman–Crippen MR) is 78.4 cm³/mol. The number of hydrogen-bond donors (Lipinski definition) is 0. The standard InChI is InChI=1S/C18H14O2/c19-17(11-10-13-6-2-1-3-7-13)16-12-14-8-4-5-9-15(14)18(16)20/h1-11,16H,12H2/b11-10+. The van der Waals surface area contributed by atoms with E-state index in [1.807, 2.05) is 48.5 Å². The quantitative estimate of drug-likeness (QED) is 0.628. The van der Waals surface area contributed by atoms with Gasteiger partial charge in [-0.3, -0.25) is 9.59 Å². The third-order valence-corrected chi connectivity index (χ3v) is 3.61. The highest BCUT2D eigenvalue weighted by molar-refractivity contribution is 6.17. The van der Waals surface area contributed by atoms with Crippen molar-refractivity contribution in [2.75, 3.05) is 0 Å². The van der Waals surface area contributed by atoms with Crippen molar-refractivity contribution in [2.45, 2.75) is 6.42 Å². The van der Waals surface area contributed by atoms with Crippen LogP contribution in [0.15, 0.2) is 60.7 Å². The molecule has 1 aliphatic carbocycles. The highest BCUT2D eigenvalue weighted by Gasteiger charge is 2.33. The molecule has 0 spiro atoms. The summed E-state index contributed by atoms with van der Waals surface area (Å²) < 4.78 is 0. The Balaban J connectivity index is 1.77. The molecule has 0 saturated heterocycles. The van der Waals surface area contributed by atoms with Gasteiger partial charge in [-0.15, -0.1) is 0 Å². The Hall–Kier alpha value is -2.48. The van der Waals surface area contributed by atoms with Crippen LogP contribution in [0.25, 0.3) is 6.08 Å². The van der Waals surface area contributed by atoms with Gasteiger partial charge in [0.25, 0.3) is 0 Å². The van der Waals surface area contributed by atoms with E-state index in [4.69, 9.17) is 0 Å². The molecule has 2 aromatic carbocycles. The van der Waals surface area contributed by atoms with Gasteiger partial charge < -0.3 is 0 Å². The number of rotatable bonds is 3. The molecule has 0 radical (unpaired) electrons. The van der Waals surface area contributed by atoms with Gasteiger partial charge >= 0.3 is 0 Å². The molecule has 0 saturated carbocycles. The summed E-state index contributed by atoms with van der Waals surface area (Å²) >= 11 is 0. The monoisotopic (exact) mass is 262 g/mol. The lowest BCUT2D eigenvalue weighted by molar-refractivity contribution is -0.116. The molecule has 0 bridgehead atoms. The zero-order chi connectivity index (χ0) is 13.9. The number of fused-ring (bicyclic) bond motifs is 1. The van der Waals surface area contributed by atoms with E-state index >= 15 is 0 Å². The van der Waals surface area contributed by atoms with Gasteiger partial charge in [0, 0.05) is 5.56 Å². The van der Waals surface area contributed by atoms with Crippen molar-refractivity contribution < 1.29 is 9.59 Å². The number of Topliss-reactive ketones (excluding diaryl/α,β-unsaturated/α-hetero) is 1. The summed E-state index contributed by atoms with van der Waals surface area (Å²) in [4.78, 5) is 24.4. The van der Waals surface area contributed by atoms with Crippen molar-refractivity contribution in [3.05, 3.63) is 77.4 Å². The van der Waals surface area contributed by atoms with E-state index in [0.717, 1.165) is 11.1 Å². The summed E-state index contributed by atoms with van der Waals surface area (Å²) in [7, 11) is 0. The van der Waals surface area contributed by atoms with Crippen LogP contribution in [-0.4, -0.2) is 11.6 Å². The number of hydrogen-bond acceptors (Lipinski definition) is 2. The lowest BCUT2D eigenvalue weighted by Crippen LogP contribution is -2.18. The molecular formula is C18H14O2. The van der Waals surface area contributed by atoms with Gasteiger partial charge in [-0.2, -0.15) is 0 Å². The van der Waals surface area contributed by atoms with Gasteiger partial charge in [-0.05, 0) is 23.6 Å². The van der Waals surface area contributed by atoms with Gasteiger partial charge in [-0.25, -0.2) is 0 Å². The van der Waals surface area contributed by atoms with E-state index in [0.29, 0.717) is 12.0 Å². The zero-order valence-corrected chi connectivity index (χ0v) is 11.0. The SMILES string of the molecule is O=C(/C=C/c1ccccc1)C1Cc2ccccc2C1=O. The van der Waals surface area contributed by atoms with Crippen molar-refractivity contribution >= 4 is 17.6 Å². The highest BCUT2D eigenvalue weighted by atomic mass is 16.2. The Morgan fingerprint density at radius 3 is 2.45 bits per heavy atom. The van der Waals surface area contributed by atoms with Gasteiger partial charge in [0.2, 0.25) is 0 Å². The van der Waals surface area contributed by atoms with Crippen molar-refractivity contribution in [2.24, 2.45) is 5.92 Å². The van der Waals surface area contributed by atoms with Crippen LogP contribution < -0.4 is 0 Å². The third kappa shape index (κ3) is 2.32. The van der Waals surface area contributed by atoms with Crippen LogP contribution in [0.1, 0.15) is 21.5 Å². The Bertz CT molecular complexity index is 684. The second kappa shape index (κ2) is 5.25. The average molecular weight is 262 g/mol. The first-order valence-electron chi connectivity index (χ1n) is 6.65. The normalized spacial score (nSPS) is 17.4. The van der Waals surface area contributed by atoms with Gasteiger partial charge in [0.15, 0.2) is 11.6 Å². The highest BCUT2D eigenvalue weighted by Crippen LogP contribution is 2.27. The number of benzene rings is 2. The Kier molecular flexibility index (Phi) is 3.30. The first-order chi connectivity index (χ1) is 9.75. The average Bonchev–Trinajstić information content (AvgIpc) is 2.84. The molecule has 0 heterocycles. The molecular weight excluding hydrogens is 248 g/mol. The van der Waals surface area contributed by atoms with Crippen molar-refractivity contribution in [3.8, 4) is 0 Å². The maximum absolute atomic E-state index is 12.2. The minimum absolute atomic E-state index is 0.0525. The molecule has 0 N–H and O–H groups in total. The van der Waals surface area contributed by atoms with E-state index in [9.17, 15) is 9.59 Å². The van der Waals surface area contributed by atoms with Crippen molar-refractivity contribution in [3.63, 3.8) is 0 Å². The summed E-state index contributed by atoms with van der Waals surface area (Å²) in [5.41, 5.74) is 2.63. The molecule has 2 aromatic rings. The molecule has 98 valence electrons. The van der Waals surface area contributed by atoms with E-state index in [1.54, 1.807) is 12.1 Å². The number of allylic oxidation sites excluding steroid dienone is 1. The number of carbonyl (C=O) groups excluding carboxylic acids is 2.